The van der Waals surface area contributed by atoms with Crippen LogP contribution in [-0.4, -0.2) is 29.1 Å². The summed E-state index contributed by atoms with van der Waals surface area (Å²) in [6.45, 7) is 7.74. The maximum Gasteiger partial charge on any atom is 0.269 e. The molecule has 1 fully saturated rings. The number of thioether (sulfide) groups is 2. The van der Waals surface area contributed by atoms with Crippen LogP contribution >= 0.6 is 23.5 Å². The van der Waals surface area contributed by atoms with Gasteiger partial charge in [0.1, 0.15) is 9.93 Å². The van der Waals surface area contributed by atoms with Gasteiger partial charge in [-0.05, 0) is 36.4 Å². The third-order valence-corrected chi connectivity index (χ3v) is 6.95. The van der Waals surface area contributed by atoms with E-state index in [4.69, 9.17) is 4.99 Å². The van der Waals surface area contributed by atoms with E-state index in [2.05, 4.69) is 30.5 Å². The predicted octanol–water partition coefficient (Wildman–Crippen LogP) is 5.11. The minimum absolute atomic E-state index is 0.00506. The van der Waals surface area contributed by atoms with E-state index in [-0.39, 0.29) is 5.91 Å². The lowest BCUT2D eigenvalue weighted by Crippen LogP contribution is -2.30. The summed E-state index contributed by atoms with van der Waals surface area (Å²) in [6, 6.07) is 18.4. The average Bonchev–Trinajstić information content (AvgIpc) is 3.25. The number of carbonyl (C=O) groups excluding carboxylic acids is 1. The summed E-state index contributed by atoms with van der Waals surface area (Å²) in [6.07, 6.45) is 1.75. The van der Waals surface area contributed by atoms with E-state index < -0.39 is 0 Å². The highest BCUT2D eigenvalue weighted by atomic mass is 32.2. The van der Waals surface area contributed by atoms with Crippen molar-refractivity contribution < 1.29 is 4.79 Å². The number of anilines is 1. The third kappa shape index (κ3) is 3.50. The van der Waals surface area contributed by atoms with Gasteiger partial charge in [0.05, 0.1) is 12.2 Å². The number of aliphatic imine (C=N–C) groups is 1. The normalized spacial score (nSPS) is 20.2. The van der Waals surface area contributed by atoms with E-state index in [1.807, 2.05) is 42.5 Å². The van der Waals surface area contributed by atoms with E-state index in [9.17, 15) is 4.79 Å². The number of hydrogen-bond acceptors (Lipinski definition) is 5. The first-order valence-corrected chi connectivity index (χ1v) is 10.8. The molecule has 0 radical (unpaired) electrons. The molecule has 0 aromatic heterocycles. The SMILES string of the molecule is C=CCN1C(=O)C(=C2Sc3ccccc3N2CC)SC1=NCc1ccccc1. The summed E-state index contributed by atoms with van der Waals surface area (Å²) in [4.78, 5) is 23.8. The molecule has 0 spiro atoms. The summed E-state index contributed by atoms with van der Waals surface area (Å²) >= 11 is 3.13. The van der Waals surface area contributed by atoms with Crippen molar-refractivity contribution in [2.45, 2.75) is 18.4 Å². The molecule has 142 valence electrons. The fourth-order valence-corrected chi connectivity index (χ4v) is 5.58. The van der Waals surface area contributed by atoms with Crippen molar-refractivity contribution in [3.63, 3.8) is 0 Å². The Bertz CT molecular complexity index is 969. The first kappa shape index (κ1) is 18.9. The Labute approximate surface area is 174 Å². The molecule has 0 unspecified atom stereocenters. The summed E-state index contributed by atoms with van der Waals surface area (Å²) in [5.41, 5.74) is 2.29. The van der Waals surface area contributed by atoms with Crippen molar-refractivity contribution in [2.24, 2.45) is 4.99 Å². The molecule has 0 atom stereocenters. The molecule has 4 rings (SSSR count). The molecule has 2 aromatic rings. The van der Waals surface area contributed by atoms with E-state index in [1.165, 1.54) is 16.7 Å². The Hall–Kier alpha value is -2.44. The van der Waals surface area contributed by atoms with Crippen LogP contribution < -0.4 is 4.90 Å². The molecule has 0 aliphatic carbocycles. The summed E-state index contributed by atoms with van der Waals surface area (Å²) < 4.78 is 0. The monoisotopic (exact) mass is 407 g/mol. The lowest BCUT2D eigenvalue weighted by atomic mass is 10.2. The zero-order valence-electron chi connectivity index (χ0n) is 15.7. The van der Waals surface area contributed by atoms with Gasteiger partial charge in [0.2, 0.25) is 0 Å². The highest BCUT2D eigenvalue weighted by molar-refractivity contribution is 8.19. The van der Waals surface area contributed by atoms with Crippen molar-refractivity contribution in [1.29, 1.82) is 0 Å². The topological polar surface area (TPSA) is 35.9 Å². The standard InChI is InChI=1S/C22H21N3OS2/c1-3-14-25-20(26)19(28-22(25)23-15-16-10-6-5-7-11-16)21-24(4-2)17-12-8-9-13-18(17)27-21/h3,5-13H,1,4,14-15H2,2H3. The highest BCUT2D eigenvalue weighted by Crippen LogP contribution is 2.50. The Balaban J connectivity index is 1.68. The van der Waals surface area contributed by atoms with Crippen LogP contribution in [0.4, 0.5) is 5.69 Å². The van der Waals surface area contributed by atoms with Gasteiger partial charge in [-0.1, -0.05) is 60.3 Å². The molecule has 0 N–H and O–H groups in total. The van der Waals surface area contributed by atoms with Gasteiger partial charge in [-0.15, -0.1) is 6.58 Å². The molecule has 4 nitrogen and oxygen atoms in total. The second-order valence-corrected chi connectivity index (χ2v) is 8.35. The Morgan fingerprint density at radius 1 is 1.04 bits per heavy atom. The number of carbonyl (C=O) groups is 1. The summed E-state index contributed by atoms with van der Waals surface area (Å²) in [5, 5.41) is 1.74. The molecule has 1 saturated heterocycles. The largest absolute Gasteiger partial charge is 0.334 e. The number of amides is 1. The van der Waals surface area contributed by atoms with Crippen LogP contribution in [0.3, 0.4) is 0 Å². The van der Waals surface area contributed by atoms with Gasteiger partial charge in [0.25, 0.3) is 5.91 Å². The van der Waals surface area contributed by atoms with Crippen LogP contribution in [0.25, 0.3) is 0 Å². The quantitative estimate of drug-likeness (QED) is 0.510. The zero-order valence-corrected chi connectivity index (χ0v) is 17.3. The number of para-hydroxylation sites is 1. The molecule has 0 bridgehead atoms. The maximum absolute atomic E-state index is 13.2. The number of fused-ring (bicyclic) bond motifs is 1. The number of rotatable bonds is 5. The molecular weight excluding hydrogens is 386 g/mol. The maximum atomic E-state index is 13.2. The summed E-state index contributed by atoms with van der Waals surface area (Å²) in [5.74, 6) is 0.00506. The fourth-order valence-electron chi connectivity index (χ4n) is 3.20. The van der Waals surface area contributed by atoms with E-state index in [1.54, 1.807) is 22.7 Å². The number of nitrogens with zero attached hydrogens (tertiary/aromatic N) is 3. The molecule has 2 aromatic carbocycles. The van der Waals surface area contributed by atoms with Crippen molar-refractivity contribution in [1.82, 2.24) is 4.90 Å². The highest BCUT2D eigenvalue weighted by Gasteiger charge is 2.38. The lowest BCUT2D eigenvalue weighted by Gasteiger charge is -2.19. The molecule has 0 saturated carbocycles. The van der Waals surface area contributed by atoms with Gasteiger partial charge in [-0.3, -0.25) is 14.7 Å². The molecule has 6 heteroatoms. The molecule has 28 heavy (non-hydrogen) atoms. The van der Waals surface area contributed by atoms with Crippen LogP contribution in [-0.2, 0) is 11.3 Å². The van der Waals surface area contributed by atoms with Crippen LogP contribution in [0.5, 0.6) is 0 Å². The minimum atomic E-state index is 0.00506. The van der Waals surface area contributed by atoms with Gasteiger partial charge >= 0.3 is 0 Å². The van der Waals surface area contributed by atoms with E-state index >= 15 is 0 Å². The van der Waals surface area contributed by atoms with E-state index in [0.29, 0.717) is 13.1 Å². The molecule has 2 heterocycles. The fraction of sp³-hybridized carbons (Fsp3) is 0.182. The molecule has 1 amide bonds. The van der Waals surface area contributed by atoms with Gasteiger partial charge in [-0.25, -0.2) is 0 Å². The first-order chi connectivity index (χ1) is 13.7. The van der Waals surface area contributed by atoms with Crippen LogP contribution in [0.1, 0.15) is 12.5 Å². The van der Waals surface area contributed by atoms with Gasteiger partial charge in [0.15, 0.2) is 5.17 Å². The van der Waals surface area contributed by atoms with Crippen LogP contribution in [0.2, 0.25) is 0 Å². The predicted molar refractivity (Wildman–Crippen MR) is 119 cm³/mol. The second-order valence-electron chi connectivity index (χ2n) is 6.34. The van der Waals surface area contributed by atoms with E-state index in [0.717, 1.165) is 32.9 Å². The number of amidine groups is 1. The Morgan fingerprint density at radius 3 is 2.54 bits per heavy atom. The average molecular weight is 408 g/mol. The Morgan fingerprint density at radius 2 is 1.79 bits per heavy atom. The van der Waals surface area contributed by atoms with Crippen molar-refractivity contribution >= 4 is 40.3 Å². The molecule has 2 aliphatic rings. The van der Waals surface area contributed by atoms with Crippen LogP contribution in [0, 0.1) is 0 Å². The Kier molecular flexibility index (Phi) is 5.59. The number of benzene rings is 2. The zero-order chi connectivity index (χ0) is 19.5. The minimum Gasteiger partial charge on any atom is -0.334 e. The molecule has 2 aliphatic heterocycles. The van der Waals surface area contributed by atoms with Crippen molar-refractivity contribution in [2.75, 3.05) is 18.0 Å². The van der Waals surface area contributed by atoms with Gasteiger partial charge in [-0.2, -0.15) is 0 Å². The smallest absolute Gasteiger partial charge is 0.269 e. The third-order valence-electron chi connectivity index (χ3n) is 4.53. The molecular formula is C22H21N3OS2. The van der Waals surface area contributed by atoms with Crippen LogP contribution in [0.15, 0.2) is 87.1 Å². The summed E-state index contributed by atoms with van der Waals surface area (Å²) in [7, 11) is 0. The second kappa shape index (κ2) is 8.29. The lowest BCUT2D eigenvalue weighted by molar-refractivity contribution is -0.121. The van der Waals surface area contributed by atoms with Crippen molar-refractivity contribution in [3.8, 4) is 0 Å². The first-order valence-electron chi connectivity index (χ1n) is 9.20. The van der Waals surface area contributed by atoms with Gasteiger partial charge in [0, 0.05) is 18.0 Å². The van der Waals surface area contributed by atoms with Crippen molar-refractivity contribution in [3.05, 3.63) is 82.7 Å². The number of hydrogen-bond donors (Lipinski definition) is 0. The van der Waals surface area contributed by atoms with Gasteiger partial charge < -0.3 is 4.90 Å².